The number of aryl methyl sites for hydroxylation is 1. The van der Waals surface area contributed by atoms with Crippen LogP contribution in [0, 0.1) is 12.8 Å². The summed E-state index contributed by atoms with van der Waals surface area (Å²) in [6.07, 6.45) is 17.8. The van der Waals surface area contributed by atoms with Crippen molar-refractivity contribution in [3.63, 3.8) is 0 Å². The molecule has 0 aliphatic rings. The highest BCUT2D eigenvalue weighted by atomic mass is 16.5. The van der Waals surface area contributed by atoms with E-state index in [1.54, 1.807) is 0 Å². The Kier molecular flexibility index (Phi) is 16.5. The van der Waals surface area contributed by atoms with E-state index in [-0.39, 0.29) is 12.3 Å². The number of carboxylic acids is 1. The molecule has 1 N–H and O–H groups in total. The molecule has 0 amide bonds. The largest absolute Gasteiger partial charge is 0.493 e. The van der Waals surface area contributed by atoms with E-state index in [1.165, 1.54) is 63.4 Å². The van der Waals surface area contributed by atoms with E-state index in [0.29, 0.717) is 19.6 Å². The fourth-order valence-corrected chi connectivity index (χ4v) is 3.80. The molecule has 0 saturated carbocycles. The monoisotopic (exact) mass is 446 g/mol. The van der Waals surface area contributed by atoms with Crippen LogP contribution in [0.5, 0.6) is 5.75 Å². The minimum Gasteiger partial charge on any atom is -0.493 e. The van der Waals surface area contributed by atoms with E-state index in [1.807, 2.05) is 31.2 Å². The first-order valence-electron chi connectivity index (χ1n) is 12.7. The van der Waals surface area contributed by atoms with Crippen molar-refractivity contribution in [2.45, 2.75) is 97.8 Å². The number of hydrogen-bond donors (Lipinski definition) is 1. The molecule has 0 aliphatic carbocycles. The van der Waals surface area contributed by atoms with Gasteiger partial charge >= 0.3 is 5.97 Å². The third-order valence-corrected chi connectivity index (χ3v) is 5.75. The number of allylic oxidation sites excluding steroid dienone is 1. The maximum atomic E-state index is 11.0. The third kappa shape index (κ3) is 14.3. The molecule has 0 saturated heterocycles. The fourth-order valence-electron chi connectivity index (χ4n) is 3.80. The van der Waals surface area contributed by atoms with Crippen molar-refractivity contribution in [2.24, 2.45) is 5.92 Å². The van der Waals surface area contributed by atoms with Crippen molar-refractivity contribution in [3.8, 4) is 5.75 Å². The van der Waals surface area contributed by atoms with Gasteiger partial charge in [-0.3, -0.25) is 4.79 Å². The molecule has 4 heteroatoms. The van der Waals surface area contributed by atoms with Crippen LogP contribution >= 0.6 is 0 Å². The average molecular weight is 447 g/mol. The highest BCUT2D eigenvalue weighted by Gasteiger charge is 2.14. The van der Waals surface area contributed by atoms with Crippen LogP contribution in [0.2, 0.25) is 0 Å². The summed E-state index contributed by atoms with van der Waals surface area (Å²) >= 11 is 0. The predicted octanol–water partition coefficient (Wildman–Crippen LogP) is 7.83. The smallest absolute Gasteiger partial charge is 0.303 e. The lowest BCUT2D eigenvalue weighted by atomic mass is 10.0. The summed E-state index contributed by atoms with van der Waals surface area (Å²) in [4.78, 5) is 11.0. The summed E-state index contributed by atoms with van der Waals surface area (Å²) in [5.41, 5.74) is 2.24. The van der Waals surface area contributed by atoms with Crippen LogP contribution in [-0.2, 0) is 9.53 Å². The van der Waals surface area contributed by atoms with Gasteiger partial charge in [0.05, 0.1) is 13.2 Å². The summed E-state index contributed by atoms with van der Waals surface area (Å²) in [5, 5.41) is 9.07. The van der Waals surface area contributed by atoms with Gasteiger partial charge in [0.25, 0.3) is 0 Å². The standard InChI is InChI=1S/C28H46O4/c1-4-6-7-8-9-10-11-12-13-14-20-31-22-25(17-19-28(29)30)23-32-27-18-16-24(3)21-26(27)15-5-2/h5,15-16,18,21,25H,4,6-14,17,19-20,22-23H2,1-3H3,(H,29,30). The molecule has 0 radical (unpaired) electrons. The topological polar surface area (TPSA) is 55.8 Å². The van der Waals surface area contributed by atoms with Crippen LogP contribution in [0.4, 0.5) is 0 Å². The number of hydrogen-bond acceptors (Lipinski definition) is 3. The van der Waals surface area contributed by atoms with Crippen LogP contribution < -0.4 is 4.74 Å². The molecule has 0 heterocycles. The number of carbonyl (C=O) groups is 1. The molecule has 4 nitrogen and oxygen atoms in total. The number of aliphatic carboxylic acids is 1. The Morgan fingerprint density at radius 3 is 2.28 bits per heavy atom. The molecule has 1 aromatic carbocycles. The summed E-state index contributed by atoms with van der Waals surface area (Å²) in [5.74, 6) is 0.146. The number of benzene rings is 1. The molecular weight excluding hydrogens is 400 g/mol. The second-order valence-corrected chi connectivity index (χ2v) is 8.91. The van der Waals surface area contributed by atoms with Gasteiger partial charge in [0.2, 0.25) is 0 Å². The highest BCUT2D eigenvalue weighted by molar-refractivity contribution is 5.66. The molecule has 1 rings (SSSR count). The molecule has 182 valence electrons. The van der Waals surface area contributed by atoms with Gasteiger partial charge in [0.15, 0.2) is 0 Å². The zero-order valence-corrected chi connectivity index (χ0v) is 20.7. The zero-order valence-electron chi connectivity index (χ0n) is 20.7. The second kappa shape index (κ2) is 18.7. The van der Waals surface area contributed by atoms with E-state index >= 15 is 0 Å². The number of rotatable bonds is 20. The number of carboxylic acid groups (broad SMARTS) is 1. The molecule has 32 heavy (non-hydrogen) atoms. The molecule has 0 spiro atoms. The van der Waals surface area contributed by atoms with Crippen LogP contribution in [0.1, 0.15) is 102 Å². The minimum atomic E-state index is -0.769. The molecule has 0 bridgehead atoms. The van der Waals surface area contributed by atoms with Crippen molar-refractivity contribution in [3.05, 3.63) is 35.4 Å². The maximum absolute atomic E-state index is 11.0. The van der Waals surface area contributed by atoms with Gasteiger partial charge in [-0.1, -0.05) is 88.5 Å². The Bertz CT molecular complexity index is 638. The van der Waals surface area contributed by atoms with Crippen LogP contribution in [0.25, 0.3) is 6.08 Å². The number of unbranched alkanes of at least 4 members (excludes halogenated alkanes) is 9. The van der Waals surface area contributed by atoms with Gasteiger partial charge in [0.1, 0.15) is 5.75 Å². The lowest BCUT2D eigenvalue weighted by Gasteiger charge is -2.18. The van der Waals surface area contributed by atoms with Crippen molar-refractivity contribution in [1.29, 1.82) is 0 Å². The second-order valence-electron chi connectivity index (χ2n) is 8.91. The van der Waals surface area contributed by atoms with Crippen molar-refractivity contribution in [1.82, 2.24) is 0 Å². The first kappa shape index (κ1) is 28.2. The van der Waals surface area contributed by atoms with Gasteiger partial charge in [-0.25, -0.2) is 0 Å². The Labute approximate surface area is 196 Å². The molecule has 1 atom stereocenters. The van der Waals surface area contributed by atoms with Gasteiger partial charge in [0, 0.05) is 24.5 Å². The van der Waals surface area contributed by atoms with Crippen LogP contribution in [0.15, 0.2) is 24.3 Å². The molecule has 1 aromatic rings. The molecule has 0 fully saturated rings. The van der Waals surface area contributed by atoms with Gasteiger partial charge in [-0.05, 0) is 38.8 Å². The Morgan fingerprint density at radius 2 is 1.66 bits per heavy atom. The van der Waals surface area contributed by atoms with E-state index < -0.39 is 5.97 Å². The number of ether oxygens (including phenoxy) is 2. The van der Waals surface area contributed by atoms with Crippen LogP contribution in [0.3, 0.4) is 0 Å². The van der Waals surface area contributed by atoms with Gasteiger partial charge in [-0.15, -0.1) is 0 Å². The summed E-state index contributed by atoms with van der Waals surface area (Å²) in [6.45, 7) is 8.08. The summed E-state index contributed by atoms with van der Waals surface area (Å²) in [6, 6.07) is 6.13. The molecule has 1 unspecified atom stereocenters. The predicted molar refractivity (Wildman–Crippen MR) is 134 cm³/mol. The minimum absolute atomic E-state index is 0.0778. The van der Waals surface area contributed by atoms with E-state index in [0.717, 1.165) is 24.3 Å². The third-order valence-electron chi connectivity index (χ3n) is 5.75. The SMILES string of the molecule is CC=Cc1cc(C)ccc1OCC(CCC(=O)O)COCCCCCCCCCCCC. The van der Waals surface area contributed by atoms with E-state index in [9.17, 15) is 4.79 Å². The van der Waals surface area contributed by atoms with Crippen molar-refractivity contribution >= 4 is 12.0 Å². The lowest BCUT2D eigenvalue weighted by molar-refractivity contribution is -0.137. The highest BCUT2D eigenvalue weighted by Crippen LogP contribution is 2.23. The first-order valence-corrected chi connectivity index (χ1v) is 12.7. The van der Waals surface area contributed by atoms with E-state index in [4.69, 9.17) is 14.6 Å². The quantitative estimate of drug-likeness (QED) is 0.207. The summed E-state index contributed by atoms with van der Waals surface area (Å²) in [7, 11) is 0. The molecular formula is C28H46O4. The van der Waals surface area contributed by atoms with Crippen molar-refractivity contribution in [2.75, 3.05) is 19.8 Å². The van der Waals surface area contributed by atoms with Gasteiger partial charge in [-0.2, -0.15) is 0 Å². The zero-order chi connectivity index (χ0) is 23.4. The average Bonchev–Trinajstić information content (AvgIpc) is 2.77. The fraction of sp³-hybridized carbons (Fsp3) is 0.679. The van der Waals surface area contributed by atoms with Crippen LogP contribution in [-0.4, -0.2) is 30.9 Å². The Morgan fingerprint density at radius 1 is 1.00 bits per heavy atom. The lowest BCUT2D eigenvalue weighted by Crippen LogP contribution is -2.20. The van der Waals surface area contributed by atoms with E-state index in [2.05, 4.69) is 19.9 Å². The Balaban J connectivity index is 2.28. The van der Waals surface area contributed by atoms with Gasteiger partial charge < -0.3 is 14.6 Å². The normalized spacial score (nSPS) is 12.3. The molecule has 0 aromatic heterocycles. The maximum Gasteiger partial charge on any atom is 0.303 e. The molecule has 0 aliphatic heterocycles. The first-order chi connectivity index (χ1) is 15.6. The van der Waals surface area contributed by atoms with Crippen molar-refractivity contribution < 1.29 is 19.4 Å². The Hall–Kier alpha value is -1.81. The summed E-state index contributed by atoms with van der Waals surface area (Å²) < 4.78 is 12.0.